The van der Waals surface area contributed by atoms with Gasteiger partial charge in [-0.2, -0.15) is 0 Å². The van der Waals surface area contributed by atoms with Crippen LogP contribution in [0.4, 0.5) is 0 Å². The van der Waals surface area contributed by atoms with E-state index < -0.39 is 6.10 Å². The average molecular weight is 232 g/mol. The van der Waals surface area contributed by atoms with Gasteiger partial charge in [0.25, 0.3) is 0 Å². The minimum Gasteiger partial charge on any atom is -0.396 e. The standard InChI is InChI=1S/C13H16N2O2/c16-9-6-12(17)13-14-7-8-15(13)10-11-4-2-1-3-5-11/h1-5,7-8,12,16-17H,6,9-10H2. The van der Waals surface area contributed by atoms with Gasteiger partial charge < -0.3 is 14.8 Å². The van der Waals surface area contributed by atoms with Crippen LogP contribution in [0, 0.1) is 0 Å². The van der Waals surface area contributed by atoms with Crippen molar-refractivity contribution in [1.82, 2.24) is 9.55 Å². The molecule has 2 N–H and O–H groups in total. The Kier molecular flexibility index (Phi) is 3.90. The third-order valence-corrected chi connectivity index (χ3v) is 2.64. The summed E-state index contributed by atoms with van der Waals surface area (Å²) in [4.78, 5) is 4.13. The van der Waals surface area contributed by atoms with E-state index >= 15 is 0 Å². The summed E-state index contributed by atoms with van der Waals surface area (Å²) < 4.78 is 1.90. The first kappa shape index (κ1) is 11.8. The number of hydrogen-bond acceptors (Lipinski definition) is 3. The lowest BCUT2D eigenvalue weighted by Crippen LogP contribution is -2.10. The molecular formula is C13H16N2O2. The highest BCUT2D eigenvalue weighted by atomic mass is 16.3. The van der Waals surface area contributed by atoms with Crippen molar-refractivity contribution in [2.45, 2.75) is 19.1 Å². The summed E-state index contributed by atoms with van der Waals surface area (Å²) in [6.45, 7) is 0.637. The predicted molar refractivity (Wildman–Crippen MR) is 64.4 cm³/mol. The van der Waals surface area contributed by atoms with Crippen molar-refractivity contribution < 1.29 is 10.2 Å². The summed E-state index contributed by atoms with van der Waals surface area (Å²) in [6.07, 6.45) is 3.10. The first-order chi connectivity index (χ1) is 8.31. The molecule has 0 fully saturated rings. The molecule has 0 aliphatic heterocycles. The zero-order valence-corrected chi connectivity index (χ0v) is 9.53. The van der Waals surface area contributed by atoms with E-state index in [2.05, 4.69) is 4.98 Å². The van der Waals surface area contributed by atoms with Crippen molar-refractivity contribution in [3.63, 3.8) is 0 Å². The Bertz CT molecular complexity index is 453. The minimum absolute atomic E-state index is 0.0423. The van der Waals surface area contributed by atoms with Crippen LogP contribution in [-0.2, 0) is 6.54 Å². The minimum atomic E-state index is -0.710. The van der Waals surface area contributed by atoms with Crippen molar-refractivity contribution in [2.24, 2.45) is 0 Å². The number of aromatic nitrogens is 2. The summed E-state index contributed by atoms with van der Waals surface area (Å²) in [5.74, 6) is 0.600. The van der Waals surface area contributed by atoms with E-state index in [0.717, 1.165) is 5.56 Å². The predicted octanol–water partition coefficient (Wildman–Crippen LogP) is 1.35. The number of aliphatic hydroxyl groups is 2. The first-order valence-electron chi connectivity index (χ1n) is 5.65. The maximum Gasteiger partial charge on any atom is 0.138 e. The zero-order chi connectivity index (χ0) is 12.1. The average Bonchev–Trinajstić information content (AvgIpc) is 2.79. The molecule has 1 heterocycles. The molecule has 90 valence electrons. The van der Waals surface area contributed by atoms with Crippen molar-refractivity contribution in [1.29, 1.82) is 0 Å². The summed E-state index contributed by atoms with van der Waals surface area (Å²) >= 11 is 0. The fourth-order valence-electron chi connectivity index (χ4n) is 1.78. The molecule has 4 nitrogen and oxygen atoms in total. The lowest BCUT2D eigenvalue weighted by Gasteiger charge is -2.12. The molecular weight excluding hydrogens is 216 g/mol. The molecule has 0 bridgehead atoms. The molecule has 17 heavy (non-hydrogen) atoms. The van der Waals surface area contributed by atoms with Crippen LogP contribution in [0.15, 0.2) is 42.7 Å². The second-order valence-corrected chi connectivity index (χ2v) is 3.93. The highest BCUT2D eigenvalue weighted by Crippen LogP contribution is 2.15. The lowest BCUT2D eigenvalue weighted by molar-refractivity contribution is 0.123. The molecule has 1 aromatic heterocycles. The maximum atomic E-state index is 9.82. The quantitative estimate of drug-likeness (QED) is 0.818. The van der Waals surface area contributed by atoms with Crippen LogP contribution in [0.3, 0.4) is 0 Å². The van der Waals surface area contributed by atoms with Gasteiger partial charge in [0.2, 0.25) is 0 Å². The molecule has 2 aromatic rings. The molecule has 2 rings (SSSR count). The van der Waals surface area contributed by atoms with E-state index in [0.29, 0.717) is 18.8 Å². The maximum absolute atomic E-state index is 9.82. The van der Waals surface area contributed by atoms with Crippen molar-refractivity contribution in [3.05, 3.63) is 54.1 Å². The SMILES string of the molecule is OCCC(O)c1nccn1Cc1ccccc1. The van der Waals surface area contributed by atoms with Crippen LogP contribution in [-0.4, -0.2) is 26.4 Å². The van der Waals surface area contributed by atoms with Crippen LogP contribution in [0.2, 0.25) is 0 Å². The molecule has 0 saturated heterocycles. The van der Waals surface area contributed by atoms with Gasteiger partial charge in [0, 0.05) is 32.0 Å². The number of hydrogen-bond donors (Lipinski definition) is 2. The fraction of sp³-hybridized carbons (Fsp3) is 0.308. The number of imidazole rings is 1. The van der Waals surface area contributed by atoms with Gasteiger partial charge in [-0.25, -0.2) is 4.98 Å². The first-order valence-corrected chi connectivity index (χ1v) is 5.65. The molecule has 1 unspecified atom stereocenters. The molecule has 0 spiro atoms. The Morgan fingerprint density at radius 3 is 2.71 bits per heavy atom. The number of nitrogens with zero attached hydrogens (tertiary/aromatic N) is 2. The van der Waals surface area contributed by atoms with Crippen LogP contribution in [0.1, 0.15) is 23.9 Å². The Hall–Kier alpha value is -1.65. The molecule has 0 amide bonds. The number of aliphatic hydroxyl groups excluding tert-OH is 2. The van der Waals surface area contributed by atoms with Crippen LogP contribution in [0.25, 0.3) is 0 Å². The summed E-state index contributed by atoms with van der Waals surface area (Å²) in [5.41, 5.74) is 1.16. The van der Waals surface area contributed by atoms with Gasteiger partial charge in [-0.1, -0.05) is 30.3 Å². The monoisotopic (exact) mass is 232 g/mol. The third-order valence-electron chi connectivity index (χ3n) is 2.64. The molecule has 0 aliphatic carbocycles. The van der Waals surface area contributed by atoms with Gasteiger partial charge in [-0.05, 0) is 5.56 Å². The zero-order valence-electron chi connectivity index (χ0n) is 9.53. The third kappa shape index (κ3) is 2.93. The molecule has 1 atom stereocenters. The van der Waals surface area contributed by atoms with Crippen molar-refractivity contribution in [2.75, 3.05) is 6.61 Å². The molecule has 0 aliphatic rings. The second-order valence-electron chi connectivity index (χ2n) is 3.93. The molecule has 1 aromatic carbocycles. The molecule has 0 radical (unpaired) electrons. The molecule has 0 saturated carbocycles. The van der Waals surface area contributed by atoms with Gasteiger partial charge in [0.1, 0.15) is 11.9 Å². The van der Waals surface area contributed by atoms with Gasteiger partial charge in [0.15, 0.2) is 0 Å². The van der Waals surface area contributed by atoms with Crippen LogP contribution < -0.4 is 0 Å². The summed E-state index contributed by atoms with van der Waals surface area (Å²) in [6, 6.07) is 10.00. The summed E-state index contributed by atoms with van der Waals surface area (Å²) in [7, 11) is 0. The van der Waals surface area contributed by atoms with E-state index in [-0.39, 0.29) is 6.61 Å². The van der Waals surface area contributed by atoms with Crippen molar-refractivity contribution >= 4 is 0 Å². The van der Waals surface area contributed by atoms with Gasteiger partial charge in [0.05, 0.1) is 0 Å². The van der Waals surface area contributed by atoms with E-state index in [1.165, 1.54) is 0 Å². The van der Waals surface area contributed by atoms with Crippen LogP contribution in [0.5, 0.6) is 0 Å². The smallest absolute Gasteiger partial charge is 0.138 e. The van der Waals surface area contributed by atoms with Crippen molar-refractivity contribution in [3.8, 4) is 0 Å². The van der Waals surface area contributed by atoms with E-state index in [4.69, 9.17) is 5.11 Å². The van der Waals surface area contributed by atoms with Crippen LogP contribution >= 0.6 is 0 Å². The Balaban J connectivity index is 2.14. The Morgan fingerprint density at radius 2 is 2.00 bits per heavy atom. The number of benzene rings is 1. The highest BCUT2D eigenvalue weighted by molar-refractivity contribution is 5.16. The van der Waals surface area contributed by atoms with E-state index in [9.17, 15) is 5.11 Å². The highest BCUT2D eigenvalue weighted by Gasteiger charge is 2.13. The normalized spacial score (nSPS) is 12.6. The largest absolute Gasteiger partial charge is 0.396 e. The topological polar surface area (TPSA) is 58.3 Å². The van der Waals surface area contributed by atoms with Gasteiger partial charge >= 0.3 is 0 Å². The Labute approximate surface area is 100 Å². The number of rotatable bonds is 5. The molecule has 4 heteroatoms. The second kappa shape index (κ2) is 5.61. The fourth-order valence-corrected chi connectivity index (χ4v) is 1.78. The van der Waals surface area contributed by atoms with E-state index in [1.54, 1.807) is 6.20 Å². The van der Waals surface area contributed by atoms with Gasteiger partial charge in [-0.15, -0.1) is 0 Å². The van der Waals surface area contributed by atoms with E-state index in [1.807, 2.05) is 41.1 Å². The summed E-state index contributed by atoms with van der Waals surface area (Å²) in [5, 5.41) is 18.6. The van der Waals surface area contributed by atoms with Gasteiger partial charge in [-0.3, -0.25) is 0 Å². The lowest BCUT2D eigenvalue weighted by atomic mass is 10.2. The Morgan fingerprint density at radius 1 is 1.24 bits per heavy atom.